The summed E-state index contributed by atoms with van der Waals surface area (Å²) in [5.41, 5.74) is 2.91. The summed E-state index contributed by atoms with van der Waals surface area (Å²) in [6, 6.07) is 26.7. The van der Waals surface area contributed by atoms with Crippen molar-refractivity contribution in [3.05, 3.63) is 96.1 Å². The Kier molecular flexibility index (Phi) is 7.79. The number of nitrogens with zero attached hydrogens (tertiary/aromatic N) is 1. The monoisotopic (exact) mass is 453 g/mol. The van der Waals surface area contributed by atoms with E-state index in [1.165, 1.54) is 4.31 Å². The van der Waals surface area contributed by atoms with Crippen LogP contribution in [0, 0.1) is 0 Å². The van der Waals surface area contributed by atoms with Crippen LogP contribution in [0.1, 0.15) is 31.0 Å². The van der Waals surface area contributed by atoms with Crippen molar-refractivity contribution in [1.82, 2.24) is 9.62 Å². The van der Waals surface area contributed by atoms with Crippen LogP contribution in [0.25, 0.3) is 0 Å². The highest BCUT2D eigenvalue weighted by Crippen LogP contribution is 2.22. The highest BCUT2D eigenvalue weighted by Gasteiger charge is 2.21. The van der Waals surface area contributed by atoms with E-state index < -0.39 is 10.0 Å². The maximum atomic E-state index is 12.7. The normalized spacial score (nSPS) is 11.5. The molecule has 162 valence electrons. The van der Waals surface area contributed by atoms with Crippen molar-refractivity contribution in [2.24, 2.45) is 0 Å². The molecule has 0 radical (unpaired) electrons. The molecule has 0 atom stereocenters. The summed E-state index contributed by atoms with van der Waals surface area (Å²) < 4.78 is 26.7. The topological polar surface area (TPSA) is 61.4 Å². The van der Waals surface area contributed by atoms with E-state index in [-0.39, 0.29) is 10.9 Å². The maximum absolute atomic E-state index is 12.7. The van der Waals surface area contributed by atoms with Crippen LogP contribution in [0.5, 0.6) is 0 Å². The summed E-state index contributed by atoms with van der Waals surface area (Å²) in [4.78, 5) is 0.270. The van der Waals surface area contributed by atoms with Crippen LogP contribution in [0.3, 0.4) is 0 Å². The number of anilines is 1. The van der Waals surface area contributed by atoms with Gasteiger partial charge in [0.2, 0.25) is 10.0 Å². The van der Waals surface area contributed by atoms with Crippen molar-refractivity contribution in [3.63, 3.8) is 0 Å². The van der Waals surface area contributed by atoms with E-state index in [4.69, 9.17) is 12.2 Å². The first-order valence-corrected chi connectivity index (χ1v) is 12.1. The molecule has 3 aromatic carbocycles. The van der Waals surface area contributed by atoms with Gasteiger partial charge in [-0.2, -0.15) is 4.31 Å². The van der Waals surface area contributed by atoms with Crippen LogP contribution >= 0.6 is 12.2 Å². The zero-order valence-electron chi connectivity index (χ0n) is 17.7. The lowest BCUT2D eigenvalue weighted by atomic mass is 9.99. The fourth-order valence-corrected chi connectivity index (χ4v) is 5.06. The predicted molar refractivity (Wildman–Crippen MR) is 131 cm³/mol. The molecule has 0 bridgehead atoms. The largest absolute Gasteiger partial charge is 0.352 e. The van der Waals surface area contributed by atoms with E-state index in [1.807, 2.05) is 50.2 Å². The lowest BCUT2D eigenvalue weighted by molar-refractivity contribution is 0.445. The molecule has 0 saturated carbocycles. The maximum Gasteiger partial charge on any atom is 0.243 e. The smallest absolute Gasteiger partial charge is 0.243 e. The van der Waals surface area contributed by atoms with Gasteiger partial charge in [0.25, 0.3) is 0 Å². The number of sulfonamides is 1. The zero-order chi connectivity index (χ0) is 22.3. The summed E-state index contributed by atoms with van der Waals surface area (Å²) in [7, 11) is -3.48. The molecule has 0 saturated heterocycles. The van der Waals surface area contributed by atoms with Crippen molar-refractivity contribution in [3.8, 4) is 0 Å². The fourth-order valence-electron chi connectivity index (χ4n) is 3.37. The van der Waals surface area contributed by atoms with Gasteiger partial charge in [-0.05, 0) is 47.6 Å². The van der Waals surface area contributed by atoms with Gasteiger partial charge in [0.15, 0.2) is 5.11 Å². The second-order valence-corrected chi connectivity index (χ2v) is 9.31. The second kappa shape index (κ2) is 10.5. The van der Waals surface area contributed by atoms with Crippen molar-refractivity contribution in [1.29, 1.82) is 0 Å². The first-order chi connectivity index (χ1) is 15.0. The molecule has 5 nitrogen and oxygen atoms in total. The van der Waals surface area contributed by atoms with Crippen LogP contribution in [0.4, 0.5) is 5.69 Å². The third kappa shape index (κ3) is 5.70. The summed E-state index contributed by atoms with van der Waals surface area (Å²) in [6.07, 6.45) is 0. The summed E-state index contributed by atoms with van der Waals surface area (Å²) in [5.74, 6) is 0. The Labute approximate surface area is 190 Å². The number of thiocarbonyl (C=S) groups is 1. The Balaban J connectivity index is 1.75. The minimum atomic E-state index is -3.48. The first kappa shape index (κ1) is 22.9. The Bertz CT molecular complexity index is 1040. The highest BCUT2D eigenvalue weighted by atomic mass is 32.2. The predicted octanol–water partition coefficient (Wildman–Crippen LogP) is 4.79. The Morgan fingerprint density at radius 2 is 1.32 bits per heavy atom. The average Bonchev–Trinajstić information content (AvgIpc) is 2.79. The van der Waals surface area contributed by atoms with E-state index in [0.717, 1.165) is 16.8 Å². The lowest BCUT2D eigenvalue weighted by Gasteiger charge is -2.22. The molecule has 0 amide bonds. The summed E-state index contributed by atoms with van der Waals surface area (Å²) in [5, 5.41) is 6.99. The number of hydrogen-bond acceptors (Lipinski definition) is 3. The second-order valence-electron chi connectivity index (χ2n) is 6.97. The molecule has 0 unspecified atom stereocenters. The third-order valence-electron chi connectivity index (χ3n) is 5.00. The van der Waals surface area contributed by atoms with E-state index in [1.54, 1.807) is 24.3 Å². The molecule has 7 heteroatoms. The van der Waals surface area contributed by atoms with Crippen molar-refractivity contribution in [2.45, 2.75) is 24.8 Å². The van der Waals surface area contributed by atoms with Gasteiger partial charge in [-0.15, -0.1) is 0 Å². The van der Waals surface area contributed by atoms with E-state index in [9.17, 15) is 8.42 Å². The van der Waals surface area contributed by atoms with Gasteiger partial charge in [-0.25, -0.2) is 8.42 Å². The highest BCUT2D eigenvalue weighted by molar-refractivity contribution is 7.89. The number of benzene rings is 3. The molecule has 2 N–H and O–H groups in total. The van der Waals surface area contributed by atoms with Crippen molar-refractivity contribution < 1.29 is 8.42 Å². The molecular weight excluding hydrogens is 426 g/mol. The van der Waals surface area contributed by atoms with Gasteiger partial charge in [-0.1, -0.05) is 74.5 Å². The minimum absolute atomic E-state index is 0.107. The van der Waals surface area contributed by atoms with Crippen LogP contribution in [0.2, 0.25) is 0 Å². The van der Waals surface area contributed by atoms with Gasteiger partial charge in [0, 0.05) is 18.8 Å². The third-order valence-corrected chi connectivity index (χ3v) is 7.28. The Hall–Kier alpha value is -2.74. The number of hydrogen-bond donors (Lipinski definition) is 2. The van der Waals surface area contributed by atoms with Crippen LogP contribution in [0.15, 0.2) is 89.8 Å². The summed E-state index contributed by atoms with van der Waals surface area (Å²) in [6.45, 7) is 4.54. The van der Waals surface area contributed by atoms with Crippen LogP contribution < -0.4 is 10.6 Å². The molecule has 31 heavy (non-hydrogen) atoms. The van der Waals surface area contributed by atoms with E-state index >= 15 is 0 Å². The van der Waals surface area contributed by atoms with Gasteiger partial charge in [0.1, 0.15) is 0 Å². The Morgan fingerprint density at radius 3 is 1.77 bits per heavy atom. The molecular formula is C24H27N3O2S2. The van der Waals surface area contributed by atoms with Gasteiger partial charge >= 0.3 is 0 Å². The average molecular weight is 454 g/mol. The molecule has 0 spiro atoms. The summed E-state index contributed by atoms with van der Waals surface area (Å²) >= 11 is 5.55. The molecule has 3 aromatic rings. The molecule has 0 aliphatic carbocycles. The SMILES string of the molecule is CCN(CC)S(=O)(=O)c1ccc(NC(=S)NC(c2ccccc2)c2ccccc2)cc1. The quantitative estimate of drug-likeness (QED) is 0.480. The lowest BCUT2D eigenvalue weighted by Crippen LogP contribution is -2.33. The van der Waals surface area contributed by atoms with E-state index in [0.29, 0.717) is 18.2 Å². The Morgan fingerprint density at radius 1 is 0.839 bits per heavy atom. The van der Waals surface area contributed by atoms with Crippen molar-refractivity contribution in [2.75, 3.05) is 18.4 Å². The van der Waals surface area contributed by atoms with Gasteiger partial charge in [0.05, 0.1) is 10.9 Å². The number of nitrogens with one attached hydrogen (secondary N) is 2. The minimum Gasteiger partial charge on any atom is -0.352 e. The van der Waals surface area contributed by atoms with Gasteiger partial charge in [-0.3, -0.25) is 0 Å². The fraction of sp³-hybridized carbons (Fsp3) is 0.208. The molecule has 0 fully saturated rings. The molecule has 3 rings (SSSR count). The van der Waals surface area contributed by atoms with Crippen LogP contribution in [-0.2, 0) is 10.0 Å². The molecule has 0 aliphatic rings. The standard InChI is InChI=1S/C24H27N3O2S2/c1-3-27(4-2)31(28,29)22-17-15-21(16-18-22)25-24(30)26-23(19-11-7-5-8-12-19)20-13-9-6-10-14-20/h5-18,23H,3-4H2,1-2H3,(H2,25,26,30). The molecule has 0 aliphatic heterocycles. The van der Waals surface area contributed by atoms with Crippen LogP contribution in [-0.4, -0.2) is 30.9 Å². The van der Waals surface area contributed by atoms with E-state index in [2.05, 4.69) is 34.9 Å². The van der Waals surface area contributed by atoms with Crippen molar-refractivity contribution >= 4 is 33.0 Å². The molecule has 0 aromatic heterocycles. The first-order valence-electron chi connectivity index (χ1n) is 10.2. The molecule has 0 heterocycles. The number of rotatable bonds is 8. The van der Waals surface area contributed by atoms with Gasteiger partial charge < -0.3 is 10.6 Å². The zero-order valence-corrected chi connectivity index (χ0v) is 19.3.